The average molecular weight is 416 g/mol. The third-order valence-corrected chi connectivity index (χ3v) is 4.56. The monoisotopic (exact) mass is 415 g/mol. The fraction of sp³-hybridized carbons (Fsp3) is 0.154. The molecule has 160 valence electrons. The highest BCUT2D eigenvalue weighted by atomic mass is 16.3. The van der Waals surface area contributed by atoms with Crippen LogP contribution in [0.1, 0.15) is 36.0 Å². The molecule has 0 unspecified atom stereocenters. The number of rotatable bonds is 10. The largest absolute Gasteiger partial charge is 0.464 e. The zero-order valence-corrected chi connectivity index (χ0v) is 18.2. The van der Waals surface area contributed by atoms with E-state index in [1.807, 2.05) is 25.1 Å². The first-order valence-corrected chi connectivity index (χ1v) is 9.98. The first kappa shape index (κ1) is 23.4. The molecular weight excluding hydrogens is 386 g/mol. The van der Waals surface area contributed by atoms with E-state index in [0.717, 1.165) is 40.0 Å². The van der Waals surface area contributed by atoms with Crippen LogP contribution in [0.3, 0.4) is 0 Å². The van der Waals surface area contributed by atoms with Crippen LogP contribution in [0.4, 0.5) is 5.82 Å². The maximum Gasteiger partial charge on any atom is 0.244 e. The van der Waals surface area contributed by atoms with Gasteiger partial charge in [-0.1, -0.05) is 44.9 Å². The lowest BCUT2D eigenvalue weighted by atomic mass is 10.0. The van der Waals surface area contributed by atoms with Gasteiger partial charge in [-0.15, -0.1) is 0 Å². The molecule has 0 aliphatic carbocycles. The number of furan rings is 1. The molecule has 0 fully saturated rings. The van der Waals surface area contributed by atoms with Gasteiger partial charge in [0.15, 0.2) is 0 Å². The number of allylic oxidation sites excluding steroid dienone is 6. The zero-order valence-electron chi connectivity index (χ0n) is 18.2. The van der Waals surface area contributed by atoms with Crippen LogP contribution in [0.25, 0.3) is 12.2 Å². The normalized spacial score (nSPS) is 11.7. The lowest BCUT2D eigenvalue weighted by Crippen LogP contribution is -2.19. The minimum Gasteiger partial charge on any atom is -0.464 e. The minimum atomic E-state index is -0.224. The highest BCUT2D eigenvalue weighted by molar-refractivity contribution is 5.91. The van der Waals surface area contributed by atoms with Crippen molar-refractivity contribution in [3.63, 3.8) is 0 Å². The Balaban J connectivity index is 2.01. The molecule has 0 radical (unpaired) electrons. The van der Waals surface area contributed by atoms with Crippen molar-refractivity contribution in [3.8, 4) is 0 Å². The summed E-state index contributed by atoms with van der Waals surface area (Å²) in [6.45, 7) is 16.0. The molecule has 5 nitrogen and oxygen atoms in total. The first-order chi connectivity index (χ1) is 14.8. The van der Waals surface area contributed by atoms with Gasteiger partial charge in [-0.05, 0) is 66.0 Å². The zero-order chi connectivity index (χ0) is 22.8. The first-order valence-electron chi connectivity index (χ1n) is 9.98. The lowest BCUT2D eigenvalue weighted by Gasteiger charge is -2.04. The van der Waals surface area contributed by atoms with Crippen molar-refractivity contribution < 1.29 is 9.21 Å². The van der Waals surface area contributed by atoms with Crippen molar-refractivity contribution in [2.24, 2.45) is 0 Å². The summed E-state index contributed by atoms with van der Waals surface area (Å²) in [5.41, 5.74) is 10.1. The summed E-state index contributed by atoms with van der Waals surface area (Å²) in [4.78, 5) is 16.1. The molecule has 0 aliphatic rings. The number of hydrogen-bond acceptors (Lipinski definition) is 4. The van der Waals surface area contributed by atoms with Gasteiger partial charge in [-0.2, -0.15) is 0 Å². The van der Waals surface area contributed by atoms with Crippen molar-refractivity contribution in [2.45, 2.75) is 26.8 Å². The van der Waals surface area contributed by atoms with E-state index in [4.69, 9.17) is 10.2 Å². The number of nitrogens with zero attached hydrogens (tertiary/aromatic N) is 1. The van der Waals surface area contributed by atoms with Gasteiger partial charge in [0.1, 0.15) is 17.3 Å². The number of carbonyl (C=O) groups excluding carboxylic acids is 1. The van der Waals surface area contributed by atoms with E-state index in [1.54, 1.807) is 30.5 Å². The fourth-order valence-electron chi connectivity index (χ4n) is 2.70. The third kappa shape index (κ3) is 7.48. The predicted octanol–water partition coefficient (Wildman–Crippen LogP) is 5.54. The van der Waals surface area contributed by atoms with Crippen molar-refractivity contribution in [1.29, 1.82) is 0 Å². The predicted molar refractivity (Wildman–Crippen MR) is 129 cm³/mol. The SMILES string of the molecule is C=CC(=C)/C=C\C(=C)/C(=C/c1cc(CNC(=O)/C=C/c2ccc(N)nc2)oc1C)CC. The number of pyridine rings is 1. The molecule has 2 aromatic rings. The van der Waals surface area contributed by atoms with E-state index in [2.05, 4.69) is 43.0 Å². The highest BCUT2D eigenvalue weighted by Gasteiger charge is 2.08. The van der Waals surface area contributed by atoms with E-state index in [1.165, 1.54) is 6.08 Å². The maximum absolute atomic E-state index is 12.1. The number of amides is 1. The summed E-state index contributed by atoms with van der Waals surface area (Å²) in [6.07, 6.45) is 13.1. The van der Waals surface area contributed by atoms with Gasteiger partial charge in [0.05, 0.1) is 6.54 Å². The molecule has 2 aromatic heterocycles. The topological polar surface area (TPSA) is 81.2 Å². The van der Waals surface area contributed by atoms with E-state index < -0.39 is 0 Å². The fourth-order valence-corrected chi connectivity index (χ4v) is 2.70. The number of nitrogen functional groups attached to an aromatic ring is 1. The number of carbonyl (C=O) groups is 1. The Bertz CT molecular complexity index is 1050. The molecule has 0 saturated heterocycles. The average Bonchev–Trinajstić information content (AvgIpc) is 3.12. The Kier molecular flexibility index (Phi) is 8.58. The molecule has 0 bridgehead atoms. The standard InChI is InChI=1S/C26H29N3O2/c1-6-18(3)8-9-19(4)22(7-2)14-23-15-24(31-20(23)5)17-29-26(30)13-11-21-10-12-25(27)28-16-21/h6,8-16H,1,3-4,7,17H2,2,5H3,(H2,27,28)(H,29,30)/b9-8-,13-11+,22-14+. The quantitative estimate of drug-likeness (QED) is 0.394. The molecule has 2 heterocycles. The summed E-state index contributed by atoms with van der Waals surface area (Å²) < 4.78 is 5.80. The van der Waals surface area contributed by atoms with E-state index in [0.29, 0.717) is 18.1 Å². The van der Waals surface area contributed by atoms with Gasteiger partial charge >= 0.3 is 0 Å². The van der Waals surface area contributed by atoms with Crippen LogP contribution in [-0.2, 0) is 11.3 Å². The van der Waals surface area contributed by atoms with Crippen molar-refractivity contribution in [2.75, 3.05) is 5.73 Å². The summed E-state index contributed by atoms with van der Waals surface area (Å²) in [5.74, 6) is 1.67. The molecule has 31 heavy (non-hydrogen) atoms. The maximum atomic E-state index is 12.1. The van der Waals surface area contributed by atoms with Crippen molar-refractivity contribution >= 4 is 23.9 Å². The van der Waals surface area contributed by atoms with Crippen LogP contribution >= 0.6 is 0 Å². The van der Waals surface area contributed by atoms with E-state index in [9.17, 15) is 4.79 Å². The molecule has 0 aliphatic heterocycles. The second-order valence-corrected chi connectivity index (χ2v) is 6.95. The minimum absolute atomic E-state index is 0.224. The lowest BCUT2D eigenvalue weighted by molar-refractivity contribution is -0.116. The van der Waals surface area contributed by atoms with Crippen LogP contribution in [0.15, 0.2) is 89.6 Å². The van der Waals surface area contributed by atoms with Crippen LogP contribution in [0, 0.1) is 6.92 Å². The number of nitrogens with one attached hydrogen (secondary N) is 1. The molecule has 0 saturated carbocycles. The number of aryl methyl sites for hydroxylation is 1. The molecule has 1 amide bonds. The van der Waals surface area contributed by atoms with Crippen LogP contribution in [0.2, 0.25) is 0 Å². The Hall–Kier alpha value is -3.86. The second-order valence-electron chi connectivity index (χ2n) is 6.95. The molecule has 5 heteroatoms. The molecule has 0 spiro atoms. The molecular formula is C26H29N3O2. The molecule has 2 rings (SSSR count). The summed E-state index contributed by atoms with van der Waals surface area (Å²) in [7, 11) is 0. The van der Waals surface area contributed by atoms with Gasteiger partial charge in [-0.25, -0.2) is 4.98 Å². The smallest absolute Gasteiger partial charge is 0.244 e. The third-order valence-electron chi connectivity index (χ3n) is 4.56. The Labute approximate surface area is 184 Å². The second kappa shape index (κ2) is 11.4. The molecule has 0 aromatic carbocycles. The summed E-state index contributed by atoms with van der Waals surface area (Å²) in [6, 6.07) is 5.41. The summed E-state index contributed by atoms with van der Waals surface area (Å²) in [5, 5.41) is 2.82. The van der Waals surface area contributed by atoms with E-state index >= 15 is 0 Å². The summed E-state index contributed by atoms with van der Waals surface area (Å²) >= 11 is 0. The van der Waals surface area contributed by atoms with E-state index in [-0.39, 0.29) is 5.91 Å². The van der Waals surface area contributed by atoms with Crippen LogP contribution in [0.5, 0.6) is 0 Å². The number of hydrogen-bond donors (Lipinski definition) is 2. The van der Waals surface area contributed by atoms with Gasteiger partial charge in [0.25, 0.3) is 0 Å². The Morgan fingerprint density at radius 3 is 2.68 bits per heavy atom. The number of anilines is 1. The Morgan fingerprint density at radius 1 is 1.26 bits per heavy atom. The van der Waals surface area contributed by atoms with Gasteiger partial charge in [0, 0.05) is 17.8 Å². The Morgan fingerprint density at radius 2 is 2.03 bits per heavy atom. The van der Waals surface area contributed by atoms with Gasteiger partial charge < -0.3 is 15.5 Å². The molecule has 0 atom stereocenters. The molecule has 3 N–H and O–H groups in total. The van der Waals surface area contributed by atoms with Gasteiger partial charge in [0.2, 0.25) is 5.91 Å². The highest BCUT2D eigenvalue weighted by Crippen LogP contribution is 2.23. The number of aromatic nitrogens is 1. The van der Waals surface area contributed by atoms with Crippen LogP contribution < -0.4 is 11.1 Å². The number of nitrogens with two attached hydrogens (primary N) is 1. The van der Waals surface area contributed by atoms with Gasteiger partial charge in [-0.3, -0.25) is 4.79 Å². The van der Waals surface area contributed by atoms with Crippen molar-refractivity contribution in [1.82, 2.24) is 10.3 Å². The van der Waals surface area contributed by atoms with Crippen LogP contribution in [-0.4, -0.2) is 10.9 Å². The van der Waals surface area contributed by atoms with Crippen molar-refractivity contribution in [3.05, 3.63) is 108 Å².